The van der Waals surface area contributed by atoms with Gasteiger partial charge in [0.15, 0.2) is 0 Å². The molecule has 4 aliphatic rings. The fraction of sp³-hybridized carbons (Fsp3) is 0.0571. The molecule has 0 fully saturated rings. The fourth-order valence-corrected chi connectivity index (χ4v) is 12.3. The molecule has 0 radical (unpaired) electrons. The molecule has 11 aromatic rings. The number of rotatable bonds is 6. The molecule has 0 amide bonds. The Morgan fingerprint density at radius 3 is 0.700 bits per heavy atom. The van der Waals surface area contributed by atoms with Crippen molar-refractivity contribution in [3.63, 3.8) is 0 Å². The van der Waals surface area contributed by atoms with Crippen LogP contribution in [0.1, 0.15) is 89.7 Å². The molecule has 332 valence electrons. The SMILES string of the molecule is c1ccc(C(c2ccccc2)(c2ccccc2)c2ccccc2)cc1.c1ccc(C2(c3ccccc3)c3ccccc3-c3ccccc32)cc1.c1ccc2c(c1)C1c3ccccc3C2c2ccccc21. The third-order valence-electron chi connectivity index (χ3n) is 15.0. The van der Waals surface area contributed by atoms with Crippen LogP contribution < -0.4 is 0 Å². The quantitative estimate of drug-likeness (QED) is 0.146. The summed E-state index contributed by atoms with van der Waals surface area (Å²) in [5.74, 6) is 0.840. The van der Waals surface area contributed by atoms with E-state index < -0.39 is 0 Å². The Morgan fingerprint density at radius 1 is 0.214 bits per heavy atom. The van der Waals surface area contributed by atoms with Crippen LogP contribution in [0.25, 0.3) is 11.1 Å². The second-order valence-corrected chi connectivity index (χ2v) is 18.5. The number of fused-ring (bicyclic) bond motifs is 3. The van der Waals surface area contributed by atoms with E-state index in [2.05, 4.69) is 303 Å². The molecular formula is C70H52. The van der Waals surface area contributed by atoms with Crippen molar-refractivity contribution in [2.45, 2.75) is 22.7 Å². The Labute approximate surface area is 412 Å². The van der Waals surface area contributed by atoms with E-state index in [0.29, 0.717) is 11.8 Å². The zero-order chi connectivity index (χ0) is 46.7. The standard InChI is InChI=1S/C25H18.C25H20.C20H14/c1-3-11-19(12-4-1)25(20-13-5-2-6-14-20)23-17-9-7-15-21(23)22-16-8-10-18-24(22)25;1-5-13-21(14-6-1)25(22-15-7-2-8-16-22,23-17-9-3-10-18-23)24-19-11-4-12-20-24;1-2-8-14-13(7-1)19-15-9-3-5-11-17(15)20(14)18-12-6-4-10-16(18)19/h1-18H;1-20H;1-12,19-20H. The highest BCUT2D eigenvalue weighted by atomic mass is 14.5. The monoisotopic (exact) mass is 892 g/mol. The summed E-state index contributed by atoms with van der Waals surface area (Å²) in [6.45, 7) is 0. The van der Waals surface area contributed by atoms with Gasteiger partial charge in [0, 0.05) is 11.8 Å². The Morgan fingerprint density at radius 2 is 0.429 bits per heavy atom. The van der Waals surface area contributed by atoms with Crippen LogP contribution in [0.15, 0.2) is 303 Å². The van der Waals surface area contributed by atoms with Gasteiger partial charge in [-0.1, -0.05) is 303 Å². The van der Waals surface area contributed by atoms with Gasteiger partial charge in [0.05, 0.1) is 10.8 Å². The lowest BCUT2D eigenvalue weighted by atomic mass is 9.61. The highest BCUT2D eigenvalue weighted by Gasteiger charge is 2.46. The topological polar surface area (TPSA) is 0 Å². The second kappa shape index (κ2) is 18.5. The van der Waals surface area contributed by atoms with Crippen molar-refractivity contribution < 1.29 is 0 Å². The molecule has 0 saturated heterocycles. The molecule has 11 aromatic carbocycles. The highest BCUT2D eigenvalue weighted by Crippen LogP contribution is 2.57. The van der Waals surface area contributed by atoms with Crippen LogP contribution in [0.4, 0.5) is 0 Å². The molecular weight excluding hydrogens is 841 g/mol. The van der Waals surface area contributed by atoms with E-state index in [1.807, 2.05) is 0 Å². The molecule has 15 rings (SSSR count). The molecule has 4 aliphatic carbocycles. The Kier molecular flexibility index (Phi) is 11.3. The van der Waals surface area contributed by atoms with Gasteiger partial charge < -0.3 is 0 Å². The molecule has 0 atom stereocenters. The van der Waals surface area contributed by atoms with Gasteiger partial charge in [-0.25, -0.2) is 0 Å². The summed E-state index contributed by atoms with van der Waals surface area (Å²) in [7, 11) is 0. The molecule has 70 heavy (non-hydrogen) atoms. The van der Waals surface area contributed by atoms with Crippen molar-refractivity contribution >= 4 is 0 Å². The first-order chi connectivity index (χ1) is 34.8. The summed E-state index contributed by atoms with van der Waals surface area (Å²) in [6, 6.07) is 109. The molecule has 0 N–H and O–H groups in total. The maximum Gasteiger partial charge on any atom is 0.0713 e. The van der Waals surface area contributed by atoms with Crippen molar-refractivity contribution in [1.29, 1.82) is 0 Å². The zero-order valence-corrected chi connectivity index (χ0v) is 39.0. The number of hydrogen-bond acceptors (Lipinski definition) is 0. The normalized spacial score (nSPS) is 15.0. The Balaban J connectivity index is 0.000000109. The Bertz CT molecular complexity index is 2990. The predicted octanol–water partition coefficient (Wildman–Crippen LogP) is 16.8. The van der Waals surface area contributed by atoms with Crippen LogP contribution in [-0.4, -0.2) is 0 Å². The summed E-state index contributed by atoms with van der Waals surface area (Å²) < 4.78 is 0. The summed E-state index contributed by atoms with van der Waals surface area (Å²) in [4.78, 5) is 0. The third-order valence-corrected chi connectivity index (χ3v) is 15.0. The molecule has 0 spiro atoms. The molecule has 0 unspecified atom stereocenters. The average Bonchev–Trinajstić information content (AvgIpc) is 3.76. The molecule has 0 aromatic heterocycles. The van der Waals surface area contributed by atoms with E-state index in [9.17, 15) is 0 Å². The Hall–Kier alpha value is -8.58. The van der Waals surface area contributed by atoms with Crippen molar-refractivity contribution in [1.82, 2.24) is 0 Å². The van der Waals surface area contributed by atoms with Crippen LogP contribution in [0, 0.1) is 0 Å². The molecule has 0 saturated carbocycles. The van der Waals surface area contributed by atoms with Gasteiger partial charge in [-0.05, 0) is 89.0 Å². The van der Waals surface area contributed by atoms with E-state index in [1.165, 1.54) is 89.0 Å². The average molecular weight is 893 g/mol. The first-order valence-electron chi connectivity index (χ1n) is 24.6. The minimum atomic E-state index is -0.328. The van der Waals surface area contributed by atoms with Crippen LogP contribution in [0.5, 0.6) is 0 Å². The summed E-state index contributed by atoms with van der Waals surface area (Å²) in [5, 5.41) is 0. The third kappa shape index (κ3) is 6.98. The van der Waals surface area contributed by atoms with Crippen molar-refractivity contribution in [3.8, 4) is 11.1 Å². The maximum atomic E-state index is 2.30. The lowest BCUT2D eigenvalue weighted by molar-refractivity contribution is 0.745. The summed E-state index contributed by atoms with van der Waals surface area (Å²) in [6.07, 6.45) is 0. The minimum absolute atomic E-state index is 0.254. The lowest BCUT2D eigenvalue weighted by Crippen LogP contribution is -2.30. The van der Waals surface area contributed by atoms with Crippen LogP contribution >= 0.6 is 0 Å². The summed E-state index contributed by atoms with van der Waals surface area (Å²) >= 11 is 0. The summed E-state index contributed by atoms with van der Waals surface area (Å²) in [5.41, 5.74) is 21.5. The predicted molar refractivity (Wildman–Crippen MR) is 290 cm³/mol. The first kappa shape index (κ1) is 42.8. The second-order valence-electron chi connectivity index (χ2n) is 18.5. The van der Waals surface area contributed by atoms with E-state index in [0.717, 1.165) is 0 Å². The zero-order valence-electron chi connectivity index (χ0n) is 39.0. The highest BCUT2D eigenvalue weighted by molar-refractivity contribution is 5.86. The smallest absolute Gasteiger partial charge is 0.0622 e. The minimum Gasteiger partial charge on any atom is -0.0622 e. The van der Waals surface area contributed by atoms with Gasteiger partial charge >= 0.3 is 0 Å². The molecule has 0 aliphatic heterocycles. The van der Waals surface area contributed by atoms with Gasteiger partial charge in [0.25, 0.3) is 0 Å². The van der Waals surface area contributed by atoms with Gasteiger partial charge in [0.2, 0.25) is 0 Å². The van der Waals surface area contributed by atoms with Crippen molar-refractivity contribution in [3.05, 3.63) is 381 Å². The van der Waals surface area contributed by atoms with Crippen LogP contribution in [-0.2, 0) is 10.8 Å². The fourth-order valence-electron chi connectivity index (χ4n) is 12.3. The van der Waals surface area contributed by atoms with E-state index in [1.54, 1.807) is 0 Å². The van der Waals surface area contributed by atoms with E-state index >= 15 is 0 Å². The van der Waals surface area contributed by atoms with E-state index in [-0.39, 0.29) is 10.8 Å². The van der Waals surface area contributed by atoms with Gasteiger partial charge in [-0.15, -0.1) is 0 Å². The lowest BCUT2D eigenvalue weighted by Gasteiger charge is -2.42. The first-order valence-corrected chi connectivity index (χ1v) is 24.6. The van der Waals surface area contributed by atoms with E-state index in [4.69, 9.17) is 0 Å². The molecule has 0 heterocycles. The maximum absolute atomic E-state index is 2.30. The van der Waals surface area contributed by atoms with Crippen LogP contribution in [0.3, 0.4) is 0 Å². The molecule has 0 heteroatoms. The van der Waals surface area contributed by atoms with Crippen LogP contribution in [0.2, 0.25) is 0 Å². The largest absolute Gasteiger partial charge is 0.0713 e. The van der Waals surface area contributed by atoms with Gasteiger partial charge in [0.1, 0.15) is 0 Å². The van der Waals surface area contributed by atoms with Crippen molar-refractivity contribution in [2.24, 2.45) is 0 Å². The molecule has 2 bridgehead atoms. The van der Waals surface area contributed by atoms with Gasteiger partial charge in [-0.3, -0.25) is 0 Å². The van der Waals surface area contributed by atoms with Gasteiger partial charge in [-0.2, -0.15) is 0 Å². The van der Waals surface area contributed by atoms with Crippen molar-refractivity contribution in [2.75, 3.05) is 0 Å². The molecule has 0 nitrogen and oxygen atoms in total. The number of benzene rings is 11. The number of hydrogen-bond donors (Lipinski definition) is 0.